The normalized spacial score (nSPS) is 12.3. The number of sulfonamides is 1. The molecule has 1 amide bonds. The predicted octanol–water partition coefficient (Wildman–Crippen LogP) is 3.89. The molecule has 7 heteroatoms. The highest BCUT2D eigenvalue weighted by Crippen LogP contribution is 2.32. The number of ether oxygens (including phenoxy) is 1. The van der Waals surface area contributed by atoms with Crippen molar-refractivity contribution in [3.63, 3.8) is 0 Å². The molecule has 0 fully saturated rings. The maximum Gasteiger partial charge on any atom is 0.264 e. The Hall–Kier alpha value is -2.54. The third kappa shape index (κ3) is 5.97. The molecule has 0 unspecified atom stereocenters. The van der Waals surface area contributed by atoms with E-state index in [9.17, 15) is 13.2 Å². The van der Waals surface area contributed by atoms with Crippen LogP contribution in [0.4, 0.5) is 5.69 Å². The van der Waals surface area contributed by atoms with Crippen LogP contribution in [0, 0.1) is 6.92 Å². The van der Waals surface area contributed by atoms with Gasteiger partial charge >= 0.3 is 0 Å². The Bertz CT molecular complexity index is 911. The van der Waals surface area contributed by atoms with Gasteiger partial charge < -0.3 is 10.1 Å². The Morgan fingerprint density at radius 2 is 1.76 bits per heavy atom. The number of para-hydroxylation sites is 2. The summed E-state index contributed by atoms with van der Waals surface area (Å²) < 4.78 is 33.6. The quantitative estimate of drug-likeness (QED) is 0.635. The lowest BCUT2D eigenvalue weighted by atomic mass is 10.2. The second-order valence-electron chi connectivity index (χ2n) is 6.98. The zero-order valence-corrected chi connectivity index (χ0v) is 18.3. The first kappa shape index (κ1) is 22.7. The largest absolute Gasteiger partial charge is 0.492 e. The smallest absolute Gasteiger partial charge is 0.264 e. The number of nitrogens with one attached hydrogen (secondary N) is 1. The van der Waals surface area contributed by atoms with Gasteiger partial charge in [-0.2, -0.15) is 0 Å². The molecule has 29 heavy (non-hydrogen) atoms. The molecule has 2 aromatic carbocycles. The highest BCUT2D eigenvalue weighted by atomic mass is 32.2. The van der Waals surface area contributed by atoms with Crippen molar-refractivity contribution in [2.24, 2.45) is 0 Å². The summed E-state index contributed by atoms with van der Waals surface area (Å²) in [4.78, 5) is 12.8. The molecule has 0 spiro atoms. The standard InChI is InChI=1S/C22H30N2O4S/c1-5-9-18(4)23-22(25)16-24(20-10-7-8-11-21(20)28-6-2)29(26,27)19-14-12-17(3)13-15-19/h7-8,10-15,18H,5-6,9,16H2,1-4H3,(H,23,25)/t18-/m1/s1. The van der Waals surface area contributed by atoms with E-state index in [1.165, 1.54) is 0 Å². The van der Waals surface area contributed by atoms with Crippen LogP contribution in [0.15, 0.2) is 53.4 Å². The van der Waals surface area contributed by atoms with E-state index in [1.54, 1.807) is 48.5 Å². The molecule has 0 heterocycles. The third-order valence-electron chi connectivity index (χ3n) is 4.46. The van der Waals surface area contributed by atoms with Crippen LogP contribution in [-0.4, -0.2) is 33.5 Å². The lowest BCUT2D eigenvalue weighted by molar-refractivity contribution is -0.120. The molecule has 2 aromatic rings. The van der Waals surface area contributed by atoms with E-state index in [0.717, 1.165) is 22.7 Å². The Labute approximate surface area is 173 Å². The zero-order valence-electron chi connectivity index (χ0n) is 17.5. The molecule has 0 aliphatic heterocycles. The van der Waals surface area contributed by atoms with Gasteiger partial charge in [0.05, 0.1) is 17.2 Å². The molecular weight excluding hydrogens is 388 g/mol. The number of benzene rings is 2. The van der Waals surface area contributed by atoms with Gasteiger partial charge in [0.2, 0.25) is 5.91 Å². The van der Waals surface area contributed by atoms with Crippen LogP contribution >= 0.6 is 0 Å². The van der Waals surface area contributed by atoms with E-state index >= 15 is 0 Å². The molecule has 0 radical (unpaired) electrons. The second kappa shape index (κ2) is 10.3. The van der Waals surface area contributed by atoms with Gasteiger partial charge in [-0.25, -0.2) is 8.42 Å². The summed E-state index contributed by atoms with van der Waals surface area (Å²) in [5.74, 6) is 0.0630. The minimum Gasteiger partial charge on any atom is -0.492 e. The molecule has 0 saturated heterocycles. The van der Waals surface area contributed by atoms with Crippen molar-refractivity contribution in [1.82, 2.24) is 5.32 Å². The molecule has 0 saturated carbocycles. The fraction of sp³-hybridized carbons (Fsp3) is 0.409. The highest BCUT2D eigenvalue weighted by molar-refractivity contribution is 7.92. The van der Waals surface area contributed by atoms with Gasteiger partial charge in [0, 0.05) is 6.04 Å². The van der Waals surface area contributed by atoms with Crippen LogP contribution in [0.1, 0.15) is 39.2 Å². The number of anilines is 1. The van der Waals surface area contributed by atoms with Crippen LogP contribution < -0.4 is 14.4 Å². The van der Waals surface area contributed by atoms with Crippen molar-refractivity contribution in [3.8, 4) is 5.75 Å². The van der Waals surface area contributed by atoms with Crippen molar-refractivity contribution in [1.29, 1.82) is 0 Å². The zero-order chi connectivity index (χ0) is 21.4. The first-order valence-corrected chi connectivity index (χ1v) is 11.3. The number of aryl methyl sites for hydroxylation is 1. The number of carbonyl (C=O) groups is 1. The summed E-state index contributed by atoms with van der Waals surface area (Å²) in [5.41, 5.74) is 1.30. The molecule has 158 valence electrons. The maximum absolute atomic E-state index is 13.4. The fourth-order valence-electron chi connectivity index (χ4n) is 3.03. The lowest BCUT2D eigenvalue weighted by Crippen LogP contribution is -2.43. The van der Waals surface area contributed by atoms with Crippen LogP contribution in [-0.2, 0) is 14.8 Å². The second-order valence-corrected chi connectivity index (χ2v) is 8.85. The molecule has 6 nitrogen and oxygen atoms in total. The summed E-state index contributed by atoms with van der Waals surface area (Å²) in [7, 11) is -3.96. The molecule has 1 N–H and O–H groups in total. The molecule has 2 rings (SSSR count). The van der Waals surface area contributed by atoms with Crippen molar-refractivity contribution in [3.05, 3.63) is 54.1 Å². The van der Waals surface area contributed by atoms with Gasteiger partial charge in [0.15, 0.2) is 0 Å². The molecule has 1 atom stereocenters. The third-order valence-corrected chi connectivity index (χ3v) is 6.23. The van der Waals surface area contributed by atoms with Gasteiger partial charge in [0.1, 0.15) is 12.3 Å². The number of rotatable bonds is 10. The summed E-state index contributed by atoms with van der Waals surface area (Å²) in [6.07, 6.45) is 1.76. The minimum absolute atomic E-state index is 0.0291. The van der Waals surface area contributed by atoms with Gasteiger partial charge in [-0.1, -0.05) is 43.2 Å². The van der Waals surface area contributed by atoms with E-state index in [1.807, 2.05) is 27.7 Å². The number of amides is 1. The molecule has 0 aliphatic rings. The SMILES string of the molecule is CCC[C@@H](C)NC(=O)CN(c1ccccc1OCC)S(=O)(=O)c1ccc(C)cc1. The van der Waals surface area contributed by atoms with Gasteiger partial charge in [-0.05, 0) is 51.5 Å². The maximum atomic E-state index is 13.4. The summed E-state index contributed by atoms with van der Waals surface area (Å²) in [6.45, 7) is 7.73. The van der Waals surface area contributed by atoms with E-state index in [-0.39, 0.29) is 23.4 Å². The average Bonchev–Trinajstić information content (AvgIpc) is 2.67. The number of hydrogen-bond acceptors (Lipinski definition) is 4. The van der Waals surface area contributed by atoms with Gasteiger partial charge in [0.25, 0.3) is 10.0 Å². The number of carbonyl (C=O) groups excluding carboxylic acids is 1. The van der Waals surface area contributed by atoms with Crippen LogP contribution in [0.5, 0.6) is 5.75 Å². The van der Waals surface area contributed by atoms with Crippen LogP contribution in [0.2, 0.25) is 0 Å². The van der Waals surface area contributed by atoms with Crippen molar-refractivity contribution >= 4 is 21.6 Å². The summed E-state index contributed by atoms with van der Waals surface area (Å²) in [6, 6.07) is 13.4. The number of hydrogen-bond donors (Lipinski definition) is 1. The summed E-state index contributed by atoms with van der Waals surface area (Å²) in [5, 5.41) is 2.88. The molecule has 0 aliphatic carbocycles. The minimum atomic E-state index is -3.96. The monoisotopic (exact) mass is 418 g/mol. The van der Waals surface area contributed by atoms with Crippen molar-refractivity contribution in [2.75, 3.05) is 17.5 Å². The average molecular weight is 419 g/mol. The Morgan fingerprint density at radius 1 is 1.10 bits per heavy atom. The van der Waals surface area contributed by atoms with Gasteiger partial charge in [-0.3, -0.25) is 9.10 Å². The van der Waals surface area contributed by atoms with E-state index in [4.69, 9.17) is 4.74 Å². The molecular formula is C22H30N2O4S. The lowest BCUT2D eigenvalue weighted by Gasteiger charge is -2.26. The number of nitrogens with zero attached hydrogens (tertiary/aromatic N) is 1. The van der Waals surface area contributed by atoms with Crippen molar-refractivity contribution < 1.29 is 17.9 Å². The predicted molar refractivity (Wildman–Crippen MR) is 116 cm³/mol. The summed E-state index contributed by atoms with van der Waals surface area (Å²) >= 11 is 0. The van der Waals surface area contributed by atoms with E-state index in [2.05, 4.69) is 5.32 Å². The Morgan fingerprint density at radius 3 is 2.38 bits per heavy atom. The van der Waals surface area contributed by atoms with Crippen molar-refractivity contribution in [2.45, 2.75) is 51.5 Å². The van der Waals surface area contributed by atoms with E-state index < -0.39 is 10.0 Å². The fourth-order valence-corrected chi connectivity index (χ4v) is 4.47. The Kier molecular flexibility index (Phi) is 8.08. The Balaban J connectivity index is 2.46. The van der Waals surface area contributed by atoms with Crippen LogP contribution in [0.25, 0.3) is 0 Å². The topological polar surface area (TPSA) is 75.7 Å². The van der Waals surface area contributed by atoms with E-state index in [0.29, 0.717) is 18.0 Å². The van der Waals surface area contributed by atoms with Crippen LogP contribution in [0.3, 0.4) is 0 Å². The molecule has 0 aromatic heterocycles. The first-order chi connectivity index (χ1) is 13.8. The van der Waals surface area contributed by atoms with Gasteiger partial charge in [-0.15, -0.1) is 0 Å². The molecule has 0 bridgehead atoms. The first-order valence-electron chi connectivity index (χ1n) is 9.90. The highest BCUT2D eigenvalue weighted by Gasteiger charge is 2.29.